The number of rotatable bonds is 5. The third-order valence-electron chi connectivity index (χ3n) is 5.13. The molecule has 1 fully saturated rings. The van der Waals surface area contributed by atoms with Crippen molar-refractivity contribution < 1.29 is 9.47 Å². The van der Waals surface area contributed by atoms with Gasteiger partial charge in [0, 0.05) is 13.7 Å². The molecule has 0 aliphatic carbocycles. The van der Waals surface area contributed by atoms with E-state index in [-0.39, 0.29) is 12.1 Å². The molecule has 140 valence electrons. The highest BCUT2D eigenvalue weighted by Crippen LogP contribution is 2.27. The van der Waals surface area contributed by atoms with Crippen molar-refractivity contribution in [2.75, 3.05) is 20.3 Å². The molecule has 27 heavy (non-hydrogen) atoms. The molecule has 0 bridgehead atoms. The van der Waals surface area contributed by atoms with Crippen molar-refractivity contribution in [1.29, 1.82) is 0 Å². The summed E-state index contributed by atoms with van der Waals surface area (Å²) in [6, 6.07) is 15.4. The van der Waals surface area contributed by atoms with Gasteiger partial charge in [-0.25, -0.2) is 4.79 Å². The lowest BCUT2D eigenvalue weighted by Gasteiger charge is -2.27. The van der Waals surface area contributed by atoms with Crippen LogP contribution in [0.25, 0.3) is 22.0 Å². The van der Waals surface area contributed by atoms with Crippen LogP contribution < -0.4 is 11.2 Å². The van der Waals surface area contributed by atoms with E-state index in [4.69, 9.17) is 9.47 Å². The minimum atomic E-state index is -0.629. The second-order valence-corrected chi connectivity index (χ2v) is 7.02. The van der Waals surface area contributed by atoms with E-state index in [2.05, 4.69) is 4.98 Å². The Balaban J connectivity index is 1.82. The maximum absolute atomic E-state index is 13.1. The average molecular weight is 366 g/mol. The first-order chi connectivity index (χ1) is 13.1. The lowest BCUT2D eigenvalue weighted by atomic mass is 10.0. The van der Waals surface area contributed by atoms with Crippen LogP contribution >= 0.6 is 0 Å². The van der Waals surface area contributed by atoms with Gasteiger partial charge < -0.3 is 14.5 Å². The molecule has 6 nitrogen and oxygen atoms in total. The molecule has 1 aliphatic heterocycles. The highest BCUT2D eigenvalue weighted by atomic mass is 16.5. The van der Waals surface area contributed by atoms with E-state index in [0.717, 1.165) is 24.0 Å². The lowest BCUT2D eigenvalue weighted by Crippen LogP contribution is -2.46. The van der Waals surface area contributed by atoms with Crippen LogP contribution in [0.15, 0.2) is 58.1 Å². The number of fused-ring (bicyclic) bond motifs is 1. The molecule has 1 saturated heterocycles. The molecule has 1 aromatic heterocycles. The van der Waals surface area contributed by atoms with Crippen LogP contribution in [0.5, 0.6) is 0 Å². The van der Waals surface area contributed by atoms with Crippen molar-refractivity contribution >= 4 is 10.9 Å². The topological polar surface area (TPSA) is 73.3 Å². The monoisotopic (exact) mass is 366 g/mol. The van der Waals surface area contributed by atoms with E-state index in [1.54, 1.807) is 13.2 Å². The number of hydrogen-bond acceptors (Lipinski definition) is 4. The molecule has 2 aromatic carbocycles. The Morgan fingerprint density at radius 1 is 1.15 bits per heavy atom. The second-order valence-electron chi connectivity index (χ2n) is 7.02. The summed E-state index contributed by atoms with van der Waals surface area (Å²) in [5, 5.41) is 0.488. The van der Waals surface area contributed by atoms with E-state index < -0.39 is 11.3 Å². The van der Waals surface area contributed by atoms with Gasteiger partial charge in [0.05, 0.1) is 24.1 Å². The Labute approximate surface area is 156 Å². The Kier molecular flexibility index (Phi) is 4.68. The molecule has 3 aromatic rings. The second kappa shape index (κ2) is 7.13. The molecule has 2 heterocycles. The van der Waals surface area contributed by atoms with E-state index in [0.29, 0.717) is 24.1 Å². The summed E-state index contributed by atoms with van der Waals surface area (Å²) in [5.74, 6) is 0. The number of nitrogens with zero attached hydrogens (tertiary/aromatic N) is 1. The summed E-state index contributed by atoms with van der Waals surface area (Å²) in [5.41, 5.74) is 1.13. The molecule has 1 N–H and O–H groups in total. The summed E-state index contributed by atoms with van der Waals surface area (Å²) < 4.78 is 12.4. The smallest absolute Gasteiger partial charge is 0.328 e. The van der Waals surface area contributed by atoms with Crippen LogP contribution in [0.4, 0.5) is 0 Å². The SMILES string of the molecule is COCC1(Cn2c(=O)[nH]c3ccc(-c4ccccc4)cc3c2=O)CCCO1. The summed E-state index contributed by atoms with van der Waals surface area (Å²) in [6.07, 6.45) is 1.65. The van der Waals surface area contributed by atoms with Crippen LogP contribution in [0.3, 0.4) is 0 Å². The van der Waals surface area contributed by atoms with Gasteiger partial charge >= 0.3 is 5.69 Å². The van der Waals surface area contributed by atoms with Gasteiger partial charge in [-0.1, -0.05) is 36.4 Å². The number of hydrogen-bond donors (Lipinski definition) is 1. The lowest BCUT2D eigenvalue weighted by molar-refractivity contribution is -0.0629. The number of aromatic amines is 1. The normalized spacial score (nSPS) is 19.6. The van der Waals surface area contributed by atoms with Gasteiger partial charge in [0.2, 0.25) is 0 Å². The number of nitrogens with one attached hydrogen (secondary N) is 1. The molecule has 1 aliphatic rings. The fourth-order valence-corrected chi connectivity index (χ4v) is 3.79. The fraction of sp³-hybridized carbons (Fsp3) is 0.333. The zero-order valence-electron chi connectivity index (χ0n) is 15.2. The Hall–Kier alpha value is -2.70. The molecule has 0 spiro atoms. The molecular formula is C21H22N2O4. The summed E-state index contributed by atoms with van der Waals surface area (Å²) in [6.45, 7) is 1.14. The van der Waals surface area contributed by atoms with Gasteiger partial charge in [0.15, 0.2) is 0 Å². The number of methoxy groups -OCH3 is 1. The number of ether oxygens (including phenoxy) is 2. The maximum Gasteiger partial charge on any atom is 0.328 e. The van der Waals surface area contributed by atoms with Crippen LogP contribution in [0, 0.1) is 0 Å². The van der Waals surface area contributed by atoms with E-state index in [1.807, 2.05) is 42.5 Å². The third-order valence-corrected chi connectivity index (χ3v) is 5.13. The van der Waals surface area contributed by atoms with Gasteiger partial charge in [0.1, 0.15) is 5.60 Å². The molecule has 0 saturated carbocycles. The van der Waals surface area contributed by atoms with Crippen molar-refractivity contribution in [2.45, 2.75) is 25.0 Å². The Bertz CT molecular complexity index is 1060. The van der Waals surface area contributed by atoms with Crippen molar-refractivity contribution in [2.24, 2.45) is 0 Å². The summed E-state index contributed by atoms with van der Waals surface area (Å²) >= 11 is 0. The minimum Gasteiger partial charge on any atom is -0.382 e. The van der Waals surface area contributed by atoms with Crippen LogP contribution in [0.1, 0.15) is 12.8 Å². The quantitative estimate of drug-likeness (QED) is 0.753. The molecular weight excluding hydrogens is 344 g/mol. The Morgan fingerprint density at radius 3 is 2.67 bits per heavy atom. The fourth-order valence-electron chi connectivity index (χ4n) is 3.79. The number of H-pyrrole nitrogens is 1. The van der Waals surface area contributed by atoms with Gasteiger partial charge in [-0.2, -0.15) is 0 Å². The number of aromatic nitrogens is 2. The van der Waals surface area contributed by atoms with Crippen molar-refractivity contribution in [3.8, 4) is 11.1 Å². The molecule has 1 unspecified atom stereocenters. The average Bonchev–Trinajstić information content (AvgIpc) is 3.14. The minimum absolute atomic E-state index is 0.181. The van der Waals surface area contributed by atoms with Crippen molar-refractivity contribution in [3.05, 3.63) is 69.4 Å². The van der Waals surface area contributed by atoms with Crippen LogP contribution in [0.2, 0.25) is 0 Å². The summed E-state index contributed by atoms with van der Waals surface area (Å²) in [7, 11) is 1.60. The predicted octanol–water partition coefficient (Wildman–Crippen LogP) is 2.55. The van der Waals surface area contributed by atoms with Crippen molar-refractivity contribution in [3.63, 3.8) is 0 Å². The zero-order valence-corrected chi connectivity index (χ0v) is 15.2. The first-order valence-electron chi connectivity index (χ1n) is 9.07. The van der Waals surface area contributed by atoms with Crippen molar-refractivity contribution in [1.82, 2.24) is 9.55 Å². The highest BCUT2D eigenvalue weighted by molar-refractivity contribution is 5.83. The molecule has 1 atom stereocenters. The number of benzene rings is 2. The van der Waals surface area contributed by atoms with E-state index >= 15 is 0 Å². The molecule has 4 rings (SSSR count). The third kappa shape index (κ3) is 3.34. The van der Waals surface area contributed by atoms with Gasteiger partial charge in [-0.15, -0.1) is 0 Å². The standard InChI is InChI=1S/C21H22N2O4/c1-26-14-21(10-5-11-27-21)13-23-19(24)17-12-16(15-6-3-2-4-7-15)8-9-18(17)22-20(23)25/h2-4,6-9,12H,5,10-11,13-14H2,1H3,(H,22,25). The Morgan fingerprint density at radius 2 is 1.96 bits per heavy atom. The molecule has 0 amide bonds. The zero-order chi connectivity index (χ0) is 18.9. The first kappa shape index (κ1) is 17.7. The molecule has 0 radical (unpaired) electrons. The van der Waals surface area contributed by atoms with Gasteiger partial charge in [-0.3, -0.25) is 9.36 Å². The van der Waals surface area contributed by atoms with Gasteiger partial charge in [0.25, 0.3) is 5.56 Å². The predicted molar refractivity (Wildman–Crippen MR) is 104 cm³/mol. The molecule has 6 heteroatoms. The first-order valence-corrected chi connectivity index (χ1v) is 9.07. The van der Waals surface area contributed by atoms with Crippen LogP contribution in [-0.2, 0) is 16.0 Å². The van der Waals surface area contributed by atoms with E-state index in [1.165, 1.54) is 4.57 Å². The largest absolute Gasteiger partial charge is 0.382 e. The maximum atomic E-state index is 13.1. The van der Waals surface area contributed by atoms with E-state index in [9.17, 15) is 9.59 Å². The highest BCUT2D eigenvalue weighted by Gasteiger charge is 2.36. The van der Waals surface area contributed by atoms with Crippen LogP contribution in [-0.4, -0.2) is 35.5 Å². The summed E-state index contributed by atoms with van der Waals surface area (Å²) in [4.78, 5) is 28.5. The van der Waals surface area contributed by atoms with Gasteiger partial charge in [-0.05, 0) is 36.1 Å².